The van der Waals surface area contributed by atoms with E-state index >= 15 is 0 Å². The molecule has 0 saturated heterocycles. The van der Waals surface area contributed by atoms with Gasteiger partial charge in [-0.2, -0.15) is 0 Å². The van der Waals surface area contributed by atoms with E-state index in [1.54, 1.807) is 48.5 Å². The molecule has 0 saturated carbocycles. The van der Waals surface area contributed by atoms with Crippen molar-refractivity contribution in [1.82, 2.24) is 0 Å². The molecule has 80 heavy (non-hydrogen) atoms. The summed E-state index contributed by atoms with van der Waals surface area (Å²) in [6.07, 6.45) is 0. The number of carboxylic acid groups (broad SMARTS) is 4. The molecule has 0 radical (unpaired) electrons. The molecule has 0 aliphatic carbocycles. The van der Waals surface area contributed by atoms with Crippen molar-refractivity contribution in [3.05, 3.63) is 117 Å². The number of carboxylic acids is 4. The maximum absolute atomic E-state index is 11.4. The van der Waals surface area contributed by atoms with E-state index in [9.17, 15) is 90.7 Å². The SMILES string of the molecule is CC(C)(C)c1cccc2c(C(=O)O)c(O)c(O)c(O)c12.CC(C)(C)c1cccc2c(O)c(C(=O)O)c(O)c(O)c12.CC(C)(C)c1cccc2c(O)c(O)c(C(=O)O)c(O)c12.CC(C)(C)c1cccc2c(O)c(O)c(O)c(C(=O)O)c12. The summed E-state index contributed by atoms with van der Waals surface area (Å²) in [4.78, 5) is 45.0. The molecule has 0 aliphatic rings. The maximum Gasteiger partial charge on any atom is 0.343 e. The minimum atomic E-state index is -1.50. The number of fused-ring (bicyclic) bond motifs is 4. The van der Waals surface area contributed by atoms with Crippen LogP contribution in [0.25, 0.3) is 43.1 Å². The first-order valence-electron chi connectivity index (χ1n) is 24.4. The standard InChI is InChI=1S/4C15H16O5/c1-15(2,3)8-6-4-5-7-9(8)12(17)10(14(19)20)13(18)11(7)16;1-15(2,3)8-6-4-5-7-9(8)12(17)13(18)10(11(7)16)14(19)20;1-15(2,3)8-6-4-5-7-9(8)10(14(19)20)12(17)13(18)11(7)16;1-15(2,3)8-6-4-5-7-9(8)11(16)13(18)12(17)10(7)14(19)20/h4*4-6,16-18H,1-3H3,(H,19,20). The first-order chi connectivity index (χ1) is 36.6. The molecule has 0 unspecified atom stereocenters. The molecule has 0 spiro atoms. The molecule has 16 N–H and O–H groups in total. The van der Waals surface area contributed by atoms with E-state index in [4.69, 9.17) is 10.2 Å². The Balaban J connectivity index is 0.000000196. The zero-order valence-electron chi connectivity index (χ0n) is 45.7. The van der Waals surface area contributed by atoms with Crippen LogP contribution < -0.4 is 0 Å². The number of rotatable bonds is 4. The Morgan fingerprint density at radius 3 is 0.863 bits per heavy atom. The van der Waals surface area contributed by atoms with Gasteiger partial charge in [-0.05, 0) is 43.9 Å². The van der Waals surface area contributed by atoms with Crippen LogP contribution in [0, 0.1) is 0 Å². The molecule has 0 aromatic heterocycles. The summed E-state index contributed by atoms with van der Waals surface area (Å²) in [5.41, 5.74) is -0.925. The number of phenolic OH excluding ortho intramolecular Hbond substituents is 6. The Labute approximate surface area is 457 Å². The lowest BCUT2D eigenvalue weighted by Crippen LogP contribution is -2.13. The average molecular weight is 1110 g/mol. The number of hydrogen-bond donors (Lipinski definition) is 16. The Morgan fingerprint density at radius 2 is 0.487 bits per heavy atom. The number of carbonyl (C=O) groups is 4. The fraction of sp³-hybridized carbons (Fsp3) is 0.267. The summed E-state index contributed by atoms with van der Waals surface area (Å²) >= 11 is 0. The van der Waals surface area contributed by atoms with Gasteiger partial charge in [-0.25, -0.2) is 19.2 Å². The first kappa shape index (κ1) is 61.1. The molecule has 20 heteroatoms. The fourth-order valence-electron chi connectivity index (χ4n) is 9.29. The van der Waals surface area contributed by atoms with Crippen LogP contribution in [0.1, 0.15) is 147 Å². The molecule has 8 aromatic carbocycles. The normalized spacial score (nSPS) is 11.8. The van der Waals surface area contributed by atoms with Crippen molar-refractivity contribution in [3.63, 3.8) is 0 Å². The average Bonchev–Trinajstić information content (AvgIpc) is 3.34. The second-order valence-electron chi connectivity index (χ2n) is 22.8. The molecule has 8 rings (SSSR count). The van der Waals surface area contributed by atoms with Crippen molar-refractivity contribution in [2.24, 2.45) is 0 Å². The van der Waals surface area contributed by atoms with Crippen LogP contribution in [0.2, 0.25) is 0 Å². The van der Waals surface area contributed by atoms with Crippen molar-refractivity contribution in [2.75, 3.05) is 0 Å². The van der Waals surface area contributed by atoms with Gasteiger partial charge >= 0.3 is 23.9 Å². The zero-order chi connectivity index (χ0) is 61.0. The van der Waals surface area contributed by atoms with Crippen LogP contribution in [0.5, 0.6) is 69.0 Å². The van der Waals surface area contributed by atoms with E-state index in [1.165, 1.54) is 24.3 Å². The van der Waals surface area contributed by atoms with Crippen LogP contribution >= 0.6 is 0 Å². The van der Waals surface area contributed by atoms with E-state index in [0.717, 1.165) is 0 Å². The fourth-order valence-corrected chi connectivity index (χ4v) is 9.29. The van der Waals surface area contributed by atoms with Crippen LogP contribution in [-0.4, -0.2) is 106 Å². The minimum absolute atomic E-state index is 0.192. The second kappa shape index (κ2) is 21.6. The van der Waals surface area contributed by atoms with E-state index in [0.29, 0.717) is 22.3 Å². The summed E-state index contributed by atoms with van der Waals surface area (Å²) in [6.45, 7) is 22.9. The molecule has 0 heterocycles. The predicted molar refractivity (Wildman–Crippen MR) is 298 cm³/mol. The van der Waals surface area contributed by atoms with Gasteiger partial charge in [0.05, 0.1) is 0 Å². The number of hydrogen-bond acceptors (Lipinski definition) is 16. The van der Waals surface area contributed by atoms with Gasteiger partial charge < -0.3 is 81.7 Å². The predicted octanol–water partition coefficient (Wildman–Crippen LogP) is 11.8. The van der Waals surface area contributed by atoms with Crippen LogP contribution in [0.4, 0.5) is 0 Å². The molecule has 0 fully saturated rings. The Morgan fingerprint density at radius 1 is 0.250 bits per heavy atom. The molecule has 0 bridgehead atoms. The molecule has 424 valence electrons. The highest BCUT2D eigenvalue weighted by Gasteiger charge is 2.32. The quantitative estimate of drug-likeness (QED) is 0.0575. The summed E-state index contributed by atoms with van der Waals surface area (Å²) in [6, 6.07) is 19.7. The van der Waals surface area contributed by atoms with E-state index < -0.39 is 115 Å². The highest BCUT2D eigenvalue weighted by Crippen LogP contribution is 2.51. The summed E-state index contributed by atoms with van der Waals surface area (Å²) < 4.78 is 0. The van der Waals surface area contributed by atoms with Crippen molar-refractivity contribution in [1.29, 1.82) is 0 Å². The van der Waals surface area contributed by atoms with Gasteiger partial charge in [-0.15, -0.1) is 0 Å². The number of benzene rings is 8. The second-order valence-corrected chi connectivity index (χ2v) is 22.8. The largest absolute Gasteiger partial charge is 0.506 e. The highest BCUT2D eigenvalue weighted by atomic mass is 16.4. The van der Waals surface area contributed by atoms with Gasteiger partial charge in [-0.3, -0.25) is 0 Å². The van der Waals surface area contributed by atoms with Crippen LogP contribution in [0.3, 0.4) is 0 Å². The van der Waals surface area contributed by atoms with Crippen molar-refractivity contribution >= 4 is 67.0 Å². The molecular weight excluding hydrogens is 1040 g/mol. The maximum atomic E-state index is 11.4. The third-order valence-electron chi connectivity index (χ3n) is 13.1. The summed E-state index contributed by atoms with van der Waals surface area (Å²) in [7, 11) is 0. The van der Waals surface area contributed by atoms with Crippen LogP contribution in [0.15, 0.2) is 72.8 Å². The van der Waals surface area contributed by atoms with Crippen LogP contribution in [-0.2, 0) is 21.7 Å². The monoisotopic (exact) mass is 1100 g/mol. The Kier molecular flexibility index (Phi) is 16.5. The molecule has 0 atom stereocenters. The van der Waals surface area contributed by atoms with Gasteiger partial charge in [0.15, 0.2) is 46.0 Å². The topological polar surface area (TPSA) is 392 Å². The number of aromatic carboxylic acids is 4. The Hall–Kier alpha value is -9.72. The minimum Gasteiger partial charge on any atom is -0.506 e. The lowest BCUT2D eigenvalue weighted by molar-refractivity contribution is 0.0678. The lowest BCUT2D eigenvalue weighted by atomic mass is 9.82. The molecule has 8 aromatic rings. The first-order valence-corrected chi connectivity index (χ1v) is 24.4. The summed E-state index contributed by atoms with van der Waals surface area (Å²) in [5, 5.41) is 157. The Bertz CT molecular complexity index is 3810. The van der Waals surface area contributed by atoms with Crippen molar-refractivity contribution in [3.8, 4) is 69.0 Å². The van der Waals surface area contributed by atoms with Crippen molar-refractivity contribution < 1.29 is 101 Å². The van der Waals surface area contributed by atoms with Crippen molar-refractivity contribution in [2.45, 2.75) is 105 Å². The van der Waals surface area contributed by atoms with E-state index in [2.05, 4.69) is 0 Å². The molecule has 0 aliphatic heterocycles. The smallest absolute Gasteiger partial charge is 0.343 e. The zero-order valence-corrected chi connectivity index (χ0v) is 45.7. The molecule has 0 amide bonds. The number of phenols is 12. The van der Waals surface area contributed by atoms with Gasteiger partial charge in [0.25, 0.3) is 0 Å². The molecular formula is C60H64O20. The lowest BCUT2D eigenvalue weighted by Gasteiger charge is -2.23. The van der Waals surface area contributed by atoms with Gasteiger partial charge in [0.2, 0.25) is 11.5 Å². The van der Waals surface area contributed by atoms with Gasteiger partial charge in [0, 0.05) is 43.1 Å². The third-order valence-corrected chi connectivity index (χ3v) is 13.1. The summed E-state index contributed by atoms with van der Waals surface area (Å²) in [5.74, 6) is -13.8. The highest BCUT2D eigenvalue weighted by molar-refractivity contribution is 6.13. The van der Waals surface area contributed by atoms with E-state index in [1.807, 2.05) is 83.1 Å². The van der Waals surface area contributed by atoms with E-state index in [-0.39, 0.29) is 64.7 Å². The number of aromatic hydroxyl groups is 12. The molecule has 20 nitrogen and oxygen atoms in total. The third kappa shape index (κ3) is 11.2. The van der Waals surface area contributed by atoms with Gasteiger partial charge in [-0.1, -0.05) is 156 Å². The van der Waals surface area contributed by atoms with Gasteiger partial charge in [0.1, 0.15) is 33.8 Å².